The molecular weight excluding hydrogens is 124 g/mol. The zero-order chi connectivity index (χ0) is 6.77. The number of rotatable bonds is 0. The number of carbonyl (C=O) groups is 1. The third-order valence-electron chi connectivity index (χ3n) is 3.84. The largest absolute Gasteiger partial charge is 0.299 e. The first-order valence-corrected chi connectivity index (χ1v) is 4.39. The SMILES string of the molecule is O=C1[C@H]2CCC[C@H]2C12CC2. The molecule has 2 atom stereocenters. The summed E-state index contributed by atoms with van der Waals surface area (Å²) in [5.41, 5.74) is 0.293. The highest BCUT2D eigenvalue weighted by atomic mass is 16.1. The van der Waals surface area contributed by atoms with E-state index >= 15 is 0 Å². The van der Waals surface area contributed by atoms with Gasteiger partial charge in [-0.1, -0.05) is 6.42 Å². The Labute approximate surface area is 60.8 Å². The molecule has 1 heteroatoms. The van der Waals surface area contributed by atoms with E-state index in [0.29, 0.717) is 17.1 Å². The lowest BCUT2D eigenvalue weighted by molar-refractivity contribution is -0.143. The smallest absolute Gasteiger partial charge is 0.142 e. The van der Waals surface area contributed by atoms with Gasteiger partial charge >= 0.3 is 0 Å². The maximum atomic E-state index is 11.4. The third-order valence-corrected chi connectivity index (χ3v) is 3.84. The average molecular weight is 136 g/mol. The van der Waals surface area contributed by atoms with Crippen molar-refractivity contribution in [3.05, 3.63) is 0 Å². The quantitative estimate of drug-likeness (QED) is 0.496. The van der Waals surface area contributed by atoms with Gasteiger partial charge in [0.15, 0.2) is 0 Å². The Morgan fingerprint density at radius 3 is 2.80 bits per heavy atom. The zero-order valence-electron chi connectivity index (χ0n) is 6.10. The molecule has 3 rings (SSSR count). The molecule has 3 aliphatic carbocycles. The molecule has 0 heterocycles. The number of Topliss-reactive ketones (excluding diaryl/α,β-unsaturated/α-hetero) is 1. The van der Waals surface area contributed by atoms with Gasteiger partial charge in [-0.2, -0.15) is 0 Å². The first-order valence-electron chi connectivity index (χ1n) is 4.39. The molecule has 0 saturated heterocycles. The predicted octanol–water partition coefficient (Wildman–Crippen LogP) is 1.77. The van der Waals surface area contributed by atoms with E-state index in [1.165, 1.54) is 32.1 Å². The molecule has 0 unspecified atom stereocenters. The van der Waals surface area contributed by atoms with Crippen molar-refractivity contribution in [3.63, 3.8) is 0 Å². The topological polar surface area (TPSA) is 17.1 Å². The van der Waals surface area contributed by atoms with Crippen molar-refractivity contribution in [1.82, 2.24) is 0 Å². The Bertz CT molecular complexity index is 203. The van der Waals surface area contributed by atoms with Crippen LogP contribution in [0.25, 0.3) is 0 Å². The fourth-order valence-electron chi connectivity index (χ4n) is 3.14. The van der Waals surface area contributed by atoms with Gasteiger partial charge < -0.3 is 0 Å². The lowest BCUT2D eigenvalue weighted by atomic mass is 9.62. The van der Waals surface area contributed by atoms with Gasteiger partial charge in [0.05, 0.1) is 0 Å². The van der Waals surface area contributed by atoms with E-state index in [1.807, 2.05) is 0 Å². The van der Waals surface area contributed by atoms with Crippen LogP contribution in [-0.2, 0) is 4.79 Å². The first kappa shape index (κ1) is 5.34. The van der Waals surface area contributed by atoms with Crippen LogP contribution in [0.15, 0.2) is 0 Å². The molecule has 0 bridgehead atoms. The van der Waals surface area contributed by atoms with Gasteiger partial charge in [-0.05, 0) is 31.6 Å². The minimum absolute atomic E-state index is 0.293. The van der Waals surface area contributed by atoms with Gasteiger partial charge in [-0.3, -0.25) is 4.79 Å². The summed E-state index contributed by atoms with van der Waals surface area (Å²) < 4.78 is 0. The van der Waals surface area contributed by atoms with Crippen molar-refractivity contribution in [2.75, 3.05) is 0 Å². The highest BCUT2D eigenvalue weighted by Gasteiger charge is 2.68. The Morgan fingerprint density at radius 2 is 2.10 bits per heavy atom. The van der Waals surface area contributed by atoms with Crippen LogP contribution in [0.5, 0.6) is 0 Å². The Balaban J connectivity index is 1.97. The van der Waals surface area contributed by atoms with Gasteiger partial charge in [0.2, 0.25) is 0 Å². The number of fused-ring (bicyclic) bond motifs is 2. The normalized spacial score (nSPS) is 47.0. The Kier molecular flexibility index (Phi) is 0.704. The van der Waals surface area contributed by atoms with Crippen molar-refractivity contribution in [1.29, 1.82) is 0 Å². The molecule has 54 valence electrons. The van der Waals surface area contributed by atoms with E-state index < -0.39 is 0 Å². The van der Waals surface area contributed by atoms with Crippen LogP contribution in [0.1, 0.15) is 32.1 Å². The van der Waals surface area contributed by atoms with Crippen LogP contribution in [0.3, 0.4) is 0 Å². The highest BCUT2D eigenvalue weighted by molar-refractivity contribution is 5.96. The third kappa shape index (κ3) is 0.363. The lowest BCUT2D eigenvalue weighted by Crippen LogP contribution is -2.46. The second kappa shape index (κ2) is 1.32. The number of hydrogen-bond donors (Lipinski definition) is 0. The molecule has 10 heavy (non-hydrogen) atoms. The lowest BCUT2D eigenvalue weighted by Gasteiger charge is -2.39. The fourth-order valence-corrected chi connectivity index (χ4v) is 3.14. The van der Waals surface area contributed by atoms with Crippen molar-refractivity contribution < 1.29 is 4.79 Å². The number of carbonyl (C=O) groups excluding carboxylic acids is 1. The minimum atomic E-state index is 0.293. The van der Waals surface area contributed by atoms with Crippen LogP contribution in [0, 0.1) is 17.3 Å². The van der Waals surface area contributed by atoms with Gasteiger partial charge in [0, 0.05) is 11.3 Å². The van der Waals surface area contributed by atoms with Crippen molar-refractivity contribution in [2.45, 2.75) is 32.1 Å². The van der Waals surface area contributed by atoms with E-state index in [1.54, 1.807) is 0 Å². The van der Waals surface area contributed by atoms with Gasteiger partial charge in [-0.15, -0.1) is 0 Å². The molecule has 1 nitrogen and oxygen atoms in total. The van der Waals surface area contributed by atoms with Gasteiger partial charge in [0.25, 0.3) is 0 Å². The van der Waals surface area contributed by atoms with Crippen molar-refractivity contribution in [3.8, 4) is 0 Å². The molecule has 1 spiro atoms. The first-order chi connectivity index (χ1) is 4.84. The second-order valence-corrected chi connectivity index (χ2v) is 4.16. The van der Waals surface area contributed by atoms with Crippen LogP contribution >= 0.6 is 0 Å². The zero-order valence-corrected chi connectivity index (χ0v) is 6.10. The summed E-state index contributed by atoms with van der Waals surface area (Å²) in [5.74, 6) is 2.01. The van der Waals surface area contributed by atoms with Crippen molar-refractivity contribution >= 4 is 5.78 Å². The van der Waals surface area contributed by atoms with E-state index in [9.17, 15) is 4.79 Å². The molecular formula is C9H12O. The van der Waals surface area contributed by atoms with Crippen molar-refractivity contribution in [2.24, 2.45) is 17.3 Å². The summed E-state index contributed by atoms with van der Waals surface area (Å²) in [6.45, 7) is 0. The maximum absolute atomic E-state index is 11.4. The summed E-state index contributed by atoms with van der Waals surface area (Å²) in [7, 11) is 0. The van der Waals surface area contributed by atoms with Crippen LogP contribution < -0.4 is 0 Å². The van der Waals surface area contributed by atoms with Gasteiger partial charge in [-0.25, -0.2) is 0 Å². The van der Waals surface area contributed by atoms with E-state index in [-0.39, 0.29) is 0 Å². The molecule has 3 fully saturated rings. The predicted molar refractivity (Wildman–Crippen MR) is 37.5 cm³/mol. The molecule has 0 aromatic rings. The Morgan fingerprint density at radius 1 is 1.30 bits per heavy atom. The summed E-state index contributed by atoms with van der Waals surface area (Å²) in [5, 5.41) is 0. The maximum Gasteiger partial charge on any atom is 0.142 e. The van der Waals surface area contributed by atoms with Crippen LogP contribution in [-0.4, -0.2) is 5.78 Å². The monoisotopic (exact) mass is 136 g/mol. The highest BCUT2D eigenvalue weighted by Crippen LogP contribution is 2.69. The van der Waals surface area contributed by atoms with Crippen LogP contribution in [0.4, 0.5) is 0 Å². The summed E-state index contributed by atoms with van der Waals surface area (Å²) in [4.78, 5) is 11.4. The molecule has 3 saturated carbocycles. The molecule has 0 amide bonds. The molecule has 0 aromatic carbocycles. The van der Waals surface area contributed by atoms with E-state index in [4.69, 9.17) is 0 Å². The molecule has 0 aromatic heterocycles. The second-order valence-electron chi connectivity index (χ2n) is 4.16. The standard InChI is InChI=1S/C9H12O/c10-8-6-2-1-3-7(6)9(8)4-5-9/h6-7H,1-5H2/t6-,7+/m0/s1. The van der Waals surface area contributed by atoms with Crippen LogP contribution in [0.2, 0.25) is 0 Å². The summed E-state index contributed by atoms with van der Waals surface area (Å²) in [6, 6.07) is 0. The number of hydrogen-bond acceptors (Lipinski definition) is 1. The summed E-state index contributed by atoms with van der Waals surface area (Å²) in [6.07, 6.45) is 6.35. The molecule has 0 N–H and O–H groups in total. The molecule has 0 aliphatic heterocycles. The fraction of sp³-hybridized carbons (Fsp3) is 0.889. The molecule has 3 aliphatic rings. The van der Waals surface area contributed by atoms with Gasteiger partial charge in [0.1, 0.15) is 5.78 Å². The Hall–Kier alpha value is -0.330. The minimum Gasteiger partial charge on any atom is -0.299 e. The van der Waals surface area contributed by atoms with E-state index in [0.717, 1.165) is 5.92 Å². The average Bonchev–Trinajstić information content (AvgIpc) is 2.66. The molecule has 0 radical (unpaired) electrons. The summed E-state index contributed by atoms with van der Waals surface area (Å²) >= 11 is 0. The van der Waals surface area contributed by atoms with E-state index in [2.05, 4.69) is 0 Å². The number of ketones is 1.